The number of nitrogens with zero attached hydrogens (tertiary/aromatic N) is 3. The average Bonchev–Trinajstić information content (AvgIpc) is 3.04. The lowest BCUT2D eigenvalue weighted by Crippen LogP contribution is -2.19. The van der Waals surface area contributed by atoms with E-state index in [1.807, 2.05) is 26.0 Å². The summed E-state index contributed by atoms with van der Waals surface area (Å²) in [6.45, 7) is 4.05. The zero-order valence-corrected chi connectivity index (χ0v) is 13.1. The summed E-state index contributed by atoms with van der Waals surface area (Å²) in [4.78, 5) is 17.0. The van der Waals surface area contributed by atoms with E-state index in [-0.39, 0.29) is 5.91 Å². The number of aliphatic imine (C=N–C) groups is 1. The third kappa shape index (κ3) is 3.20. The third-order valence-corrected chi connectivity index (χ3v) is 4.31. The second-order valence-corrected chi connectivity index (χ2v) is 6.24. The normalized spacial score (nSPS) is 18.5. The summed E-state index contributed by atoms with van der Waals surface area (Å²) in [5, 5.41) is 9.05. The highest BCUT2D eigenvalue weighted by atomic mass is 32.2. The van der Waals surface area contributed by atoms with Gasteiger partial charge in [0.1, 0.15) is 0 Å². The van der Waals surface area contributed by atoms with Crippen molar-refractivity contribution in [3.05, 3.63) is 45.3 Å². The van der Waals surface area contributed by atoms with E-state index in [1.54, 1.807) is 11.5 Å². The first kappa shape index (κ1) is 14.0. The Labute approximate surface area is 130 Å². The fraction of sp³-hybridized carbons (Fsp3) is 0.143. The van der Waals surface area contributed by atoms with Crippen molar-refractivity contribution in [2.45, 2.75) is 13.8 Å². The molecular formula is C14H12N4OS2. The van der Waals surface area contributed by atoms with Crippen LogP contribution in [0.4, 0.5) is 5.69 Å². The van der Waals surface area contributed by atoms with Crippen LogP contribution in [0.5, 0.6) is 0 Å². The van der Waals surface area contributed by atoms with Gasteiger partial charge in [-0.25, -0.2) is 4.99 Å². The Balaban J connectivity index is 1.85. The van der Waals surface area contributed by atoms with Gasteiger partial charge in [-0.15, -0.1) is 5.10 Å². The summed E-state index contributed by atoms with van der Waals surface area (Å²) < 4.78 is 3.77. The third-order valence-electron chi connectivity index (χ3n) is 2.88. The number of hydrogen-bond donors (Lipinski definition) is 1. The molecule has 0 aliphatic carbocycles. The maximum atomic E-state index is 11.9. The minimum absolute atomic E-state index is 0.156. The second kappa shape index (κ2) is 5.79. The van der Waals surface area contributed by atoms with Gasteiger partial charge in [-0.3, -0.25) is 4.79 Å². The molecule has 0 radical (unpaired) electrons. The summed E-state index contributed by atoms with van der Waals surface area (Å²) in [6, 6.07) is 6.03. The van der Waals surface area contributed by atoms with Crippen LogP contribution in [-0.4, -0.2) is 20.7 Å². The molecule has 1 saturated heterocycles. The van der Waals surface area contributed by atoms with Crippen molar-refractivity contribution < 1.29 is 4.79 Å². The number of benzene rings is 1. The minimum Gasteiger partial charge on any atom is -0.300 e. The molecule has 0 bridgehead atoms. The number of amides is 1. The molecule has 7 heteroatoms. The first-order valence-corrected chi connectivity index (χ1v) is 7.91. The molecule has 1 aromatic carbocycles. The summed E-state index contributed by atoms with van der Waals surface area (Å²) in [7, 11) is 0. The number of hydrogen-bond acceptors (Lipinski definition) is 6. The number of aryl methyl sites for hydroxylation is 2. The zero-order chi connectivity index (χ0) is 14.8. The van der Waals surface area contributed by atoms with E-state index in [1.165, 1.54) is 28.9 Å². The fourth-order valence-corrected chi connectivity index (χ4v) is 3.12. The van der Waals surface area contributed by atoms with Crippen LogP contribution in [0.25, 0.3) is 6.08 Å². The lowest BCUT2D eigenvalue weighted by atomic mass is 10.1. The van der Waals surface area contributed by atoms with E-state index >= 15 is 0 Å². The number of carbonyl (C=O) groups is 1. The van der Waals surface area contributed by atoms with Crippen LogP contribution in [-0.2, 0) is 4.79 Å². The smallest absolute Gasteiger partial charge is 0.264 e. The van der Waals surface area contributed by atoms with Gasteiger partial charge in [0.15, 0.2) is 5.17 Å². The van der Waals surface area contributed by atoms with Crippen molar-refractivity contribution in [1.82, 2.24) is 14.9 Å². The number of carbonyl (C=O) groups excluding carboxylic acids is 1. The molecule has 106 valence electrons. The Morgan fingerprint density at radius 3 is 2.90 bits per heavy atom. The topological polar surface area (TPSA) is 67.2 Å². The van der Waals surface area contributed by atoms with E-state index in [0.717, 1.165) is 11.3 Å². The number of rotatable bonds is 2. The Hall–Kier alpha value is -1.99. The van der Waals surface area contributed by atoms with Gasteiger partial charge in [0.25, 0.3) is 5.91 Å². The quantitative estimate of drug-likeness (QED) is 0.865. The highest BCUT2D eigenvalue weighted by Gasteiger charge is 2.24. The van der Waals surface area contributed by atoms with Crippen LogP contribution in [0.3, 0.4) is 0 Å². The molecular weight excluding hydrogens is 304 g/mol. The standard InChI is InChI=1S/C14H12N4OS2/c1-8-3-4-11(9(2)5-8)15-14-16-13(19)12(21-14)6-10-7-20-18-17-10/h3-7H,1-2H3,(H,15,16,19). The Kier molecular flexibility index (Phi) is 3.85. The molecule has 1 aliphatic rings. The monoisotopic (exact) mass is 316 g/mol. The lowest BCUT2D eigenvalue weighted by molar-refractivity contribution is -0.115. The fourth-order valence-electron chi connectivity index (χ4n) is 1.89. The highest BCUT2D eigenvalue weighted by molar-refractivity contribution is 8.18. The molecule has 3 rings (SSSR count). The van der Waals surface area contributed by atoms with Gasteiger partial charge in [0, 0.05) is 5.38 Å². The van der Waals surface area contributed by atoms with E-state index in [4.69, 9.17) is 0 Å². The SMILES string of the molecule is Cc1ccc(N=C2NC(=O)C(=Cc3csnn3)S2)c(C)c1. The number of aromatic nitrogens is 2. The van der Waals surface area contributed by atoms with E-state index in [2.05, 4.69) is 26.0 Å². The van der Waals surface area contributed by atoms with Crippen molar-refractivity contribution in [3.8, 4) is 0 Å². The van der Waals surface area contributed by atoms with Crippen LogP contribution >= 0.6 is 23.3 Å². The van der Waals surface area contributed by atoms with Crippen LogP contribution in [0.15, 0.2) is 33.5 Å². The molecule has 2 aromatic rings. The lowest BCUT2D eigenvalue weighted by Gasteiger charge is -2.02. The van der Waals surface area contributed by atoms with Gasteiger partial charge in [-0.1, -0.05) is 22.2 Å². The summed E-state index contributed by atoms with van der Waals surface area (Å²) >= 11 is 2.57. The molecule has 1 fully saturated rings. The Morgan fingerprint density at radius 1 is 1.33 bits per heavy atom. The van der Waals surface area contributed by atoms with Crippen molar-refractivity contribution in [1.29, 1.82) is 0 Å². The largest absolute Gasteiger partial charge is 0.300 e. The van der Waals surface area contributed by atoms with E-state index < -0.39 is 0 Å². The zero-order valence-electron chi connectivity index (χ0n) is 11.5. The highest BCUT2D eigenvalue weighted by Crippen LogP contribution is 2.29. The summed E-state index contributed by atoms with van der Waals surface area (Å²) in [5.74, 6) is -0.156. The molecule has 5 nitrogen and oxygen atoms in total. The molecule has 1 aromatic heterocycles. The molecule has 0 saturated carbocycles. The molecule has 2 heterocycles. The van der Waals surface area contributed by atoms with Gasteiger partial charge in [0.2, 0.25) is 0 Å². The maximum Gasteiger partial charge on any atom is 0.264 e. The van der Waals surface area contributed by atoms with Crippen molar-refractivity contribution in [2.75, 3.05) is 0 Å². The predicted molar refractivity (Wildman–Crippen MR) is 86.6 cm³/mol. The van der Waals surface area contributed by atoms with Gasteiger partial charge in [0.05, 0.1) is 16.3 Å². The van der Waals surface area contributed by atoms with Gasteiger partial charge >= 0.3 is 0 Å². The summed E-state index contributed by atoms with van der Waals surface area (Å²) in [6.07, 6.45) is 1.72. The first-order chi connectivity index (χ1) is 10.1. The van der Waals surface area contributed by atoms with Crippen LogP contribution in [0, 0.1) is 13.8 Å². The maximum absolute atomic E-state index is 11.9. The Bertz CT molecular complexity index is 750. The predicted octanol–water partition coefficient (Wildman–Crippen LogP) is 3.05. The number of amidine groups is 1. The number of nitrogens with one attached hydrogen (secondary N) is 1. The van der Waals surface area contributed by atoms with Gasteiger partial charge in [-0.2, -0.15) is 0 Å². The van der Waals surface area contributed by atoms with Crippen LogP contribution in [0.1, 0.15) is 16.8 Å². The molecule has 1 N–H and O–H groups in total. The number of thioether (sulfide) groups is 1. The minimum atomic E-state index is -0.156. The molecule has 1 aliphatic heterocycles. The molecule has 21 heavy (non-hydrogen) atoms. The molecule has 0 spiro atoms. The van der Waals surface area contributed by atoms with Crippen LogP contribution in [0.2, 0.25) is 0 Å². The second-order valence-electron chi connectivity index (χ2n) is 4.60. The van der Waals surface area contributed by atoms with Gasteiger partial charge in [-0.05, 0) is 54.8 Å². The van der Waals surface area contributed by atoms with E-state index in [0.29, 0.717) is 15.8 Å². The van der Waals surface area contributed by atoms with E-state index in [9.17, 15) is 4.79 Å². The molecule has 0 atom stereocenters. The van der Waals surface area contributed by atoms with Crippen molar-refractivity contribution >= 4 is 46.1 Å². The van der Waals surface area contributed by atoms with Crippen molar-refractivity contribution in [3.63, 3.8) is 0 Å². The summed E-state index contributed by atoms with van der Waals surface area (Å²) in [5.41, 5.74) is 3.82. The van der Waals surface area contributed by atoms with Crippen LogP contribution < -0.4 is 5.32 Å². The Morgan fingerprint density at radius 2 is 2.19 bits per heavy atom. The van der Waals surface area contributed by atoms with Gasteiger partial charge < -0.3 is 5.32 Å². The van der Waals surface area contributed by atoms with Crippen molar-refractivity contribution in [2.24, 2.45) is 4.99 Å². The molecule has 1 amide bonds. The first-order valence-electron chi connectivity index (χ1n) is 6.26. The molecule has 0 unspecified atom stereocenters. The average molecular weight is 316 g/mol.